The summed E-state index contributed by atoms with van der Waals surface area (Å²) in [6, 6.07) is 4.13. The second-order valence-electron chi connectivity index (χ2n) is 3.05. The summed E-state index contributed by atoms with van der Waals surface area (Å²) >= 11 is 0. The molecule has 1 rings (SSSR count). The maximum absolute atomic E-state index is 11.5. The van der Waals surface area contributed by atoms with Crippen molar-refractivity contribution in [3.8, 4) is 17.6 Å². The Morgan fingerprint density at radius 3 is 2.76 bits per heavy atom. The van der Waals surface area contributed by atoms with Crippen molar-refractivity contribution in [3.63, 3.8) is 0 Å². The molecule has 0 bridgehead atoms. The lowest BCUT2D eigenvalue weighted by Gasteiger charge is -2.08. The van der Waals surface area contributed by atoms with Crippen LogP contribution in [0.1, 0.15) is 15.9 Å². The largest absolute Gasteiger partial charge is 0.507 e. The van der Waals surface area contributed by atoms with Gasteiger partial charge in [-0.1, -0.05) is 0 Å². The molecule has 7 nitrogen and oxygen atoms in total. The lowest BCUT2D eigenvalue weighted by Crippen LogP contribution is -2.35. The number of guanidine groups is 1. The number of methoxy groups -OCH3 is 1. The summed E-state index contributed by atoms with van der Waals surface area (Å²) in [5.74, 6) is -1.53. The molecular formula is C10H10N4O3. The fourth-order valence-electron chi connectivity index (χ4n) is 1.20. The molecule has 1 aromatic carbocycles. The normalized spacial score (nSPS) is 9.18. The summed E-state index contributed by atoms with van der Waals surface area (Å²) in [7, 11) is 1.34. The van der Waals surface area contributed by atoms with Gasteiger partial charge >= 0.3 is 0 Å². The predicted molar refractivity (Wildman–Crippen MR) is 58.8 cm³/mol. The van der Waals surface area contributed by atoms with Crippen molar-refractivity contribution in [2.45, 2.75) is 0 Å². The Morgan fingerprint density at radius 1 is 1.65 bits per heavy atom. The van der Waals surface area contributed by atoms with Crippen LogP contribution in [0.25, 0.3) is 0 Å². The molecule has 0 radical (unpaired) electrons. The molecule has 0 heterocycles. The number of phenolic OH excluding ortho intramolecular Hbond substituents is 1. The zero-order valence-corrected chi connectivity index (χ0v) is 8.94. The minimum absolute atomic E-state index is 0.0963. The van der Waals surface area contributed by atoms with Crippen LogP contribution in [0, 0.1) is 16.7 Å². The molecule has 0 aliphatic rings. The highest BCUT2D eigenvalue weighted by molar-refractivity contribution is 6.06. The number of nitrogens with zero attached hydrogens (tertiary/aromatic N) is 1. The first-order valence-corrected chi connectivity index (χ1v) is 4.46. The van der Waals surface area contributed by atoms with Crippen molar-refractivity contribution in [3.05, 3.63) is 23.3 Å². The highest BCUT2D eigenvalue weighted by Crippen LogP contribution is 2.27. The Balaban J connectivity index is 3.22. The number of benzene rings is 1. The number of nitriles is 1. The molecule has 0 unspecified atom stereocenters. The lowest BCUT2D eigenvalue weighted by atomic mass is 10.1. The molecular weight excluding hydrogens is 224 g/mol. The molecule has 0 saturated heterocycles. The van der Waals surface area contributed by atoms with Gasteiger partial charge in [-0.15, -0.1) is 0 Å². The summed E-state index contributed by atoms with van der Waals surface area (Å²) in [6.07, 6.45) is 0. The van der Waals surface area contributed by atoms with Crippen molar-refractivity contribution in [1.29, 1.82) is 10.7 Å². The second kappa shape index (κ2) is 4.85. The zero-order chi connectivity index (χ0) is 13.0. The van der Waals surface area contributed by atoms with E-state index >= 15 is 0 Å². The van der Waals surface area contributed by atoms with Crippen LogP contribution in [0.15, 0.2) is 12.1 Å². The van der Waals surface area contributed by atoms with Crippen LogP contribution in [0.5, 0.6) is 11.5 Å². The van der Waals surface area contributed by atoms with E-state index < -0.39 is 11.9 Å². The third kappa shape index (κ3) is 2.63. The average molecular weight is 234 g/mol. The third-order valence-electron chi connectivity index (χ3n) is 1.93. The molecule has 0 spiro atoms. The maximum Gasteiger partial charge on any atom is 0.261 e. The highest BCUT2D eigenvalue weighted by atomic mass is 16.5. The van der Waals surface area contributed by atoms with E-state index in [1.165, 1.54) is 7.11 Å². The third-order valence-corrected chi connectivity index (χ3v) is 1.93. The molecule has 0 aliphatic carbocycles. The summed E-state index contributed by atoms with van der Waals surface area (Å²) in [5.41, 5.74) is 4.93. The van der Waals surface area contributed by atoms with Crippen LogP contribution in [-0.4, -0.2) is 24.1 Å². The molecule has 5 N–H and O–H groups in total. The SMILES string of the molecule is COc1cc(O)c(C(=O)NC(=N)N)cc1C#N. The van der Waals surface area contributed by atoms with Crippen molar-refractivity contribution >= 4 is 11.9 Å². The second-order valence-corrected chi connectivity index (χ2v) is 3.05. The number of hydrogen-bond donors (Lipinski definition) is 4. The molecule has 0 fully saturated rings. The van der Waals surface area contributed by atoms with Gasteiger partial charge in [0.1, 0.15) is 17.6 Å². The molecule has 0 saturated carbocycles. The van der Waals surface area contributed by atoms with Gasteiger partial charge in [0.05, 0.1) is 18.2 Å². The first-order valence-electron chi connectivity index (χ1n) is 4.46. The fraction of sp³-hybridized carbons (Fsp3) is 0.100. The Labute approximate surface area is 96.9 Å². The number of rotatable bonds is 2. The minimum Gasteiger partial charge on any atom is -0.507 e. The summed E-state index contributed by atoms with van der Waals surface area (Å²) in [6.45, 7) is 0. The number of carbonyl (C=O) groups is 1. The van der Waals surface area contributed by atoms with Crippen molar-refractivity contribution in [2.24, 2.45) is 5.73 Å². The van der Waals surface area contributed by atoms with Gasteiger partial charge in [-0.3, -0.25) is 15.5 Å². The number of ether oxygens (including phenoxy) is 1. The zero-order valence-electron chi connectivity index (χ0n) is 8.94. The van der Waals surface area contributed by atoms with Crippen LogP contribution in [0.2, 0.25) is 0 Å². The van der Waals surface area contributed by atoms with Gasteiger partial charge in [-0.05, 0) is 6.07 Å². The maximum atomic E-state index is 11.5. The van der Waals surface area contributed by atoms with Crippen LogP contribution < -0.4 is 15.8 Å². The van der Waals surface area contributed by atoms with E-state index in [9.17, 15) is 9.90 Å². The van der Waals surface area contributed by atoms with Crippen molar-refractivity contribution in [1.82, 2.24) is 5.32 Å². The number of aromatic hydroxyl groups is 1. The van der Waals surface area contributed by atoms with Crippen LogP contribution in [0.3, 0.4) is 0 Å². The molecule has 17 heavy (non-hydrogen) atoms. The van der Waals surface area contributed by atoms with Gasteiger partial charge in [0.25, 0.3) is 5.91 Å². The average Bonchev–Trinajstić information content (AvgIpc) is 2.27. The first kappa shape index (κ1) is 12.3. The lowest BCUT2D eigenvalue weighted by molar-refractivity contribution is 0.0974. The Bertz CT molecular complexity index is 519. The number of carbonyl (C=O) groups excluding carboxylic acids is 1. The summed E-state index contributed by atoms with van der Waals surface area (Å²) in [5, 5.41) is 27.3. The first-order chi connectivity index (χ1) is 7.99. The fourth-order valence-corrected chi connectivity index (χ4v) is 1.20. The van der Waals surface area contributed by atoms with Gasteiger partial charge in [0, 0.05) is 6.07 Å². The number of hydrogen-bond acceptors (Lipinski definition) is 5. The smallest absolute Gasteiger partial charge is 0.261 e. The van der Waals surface area contributed by atoms with Gasteiger partial charge < -0.3 is 15.6 Å². The van der Waals surface area contributed by atoms with E-state index in [1.54, 1.807) is 0 Å². The Morgan fingerprint density at radius 2 is 2.29 bits per heavy atom. The van der Waals surface area contributed by atoms with E-state index in [2.05, 4.69) is 0 Å². The molecule has 0 atom stereocenters. The molecule has 0 aliphatic heterocycles. The topological polar surface area (TPSA) is 132 Å². The van der Waals surface area contributed by atoms with E-state index in [0.717, 1.165) is 12.1 Å². The van der Waals surface area contributed by atoms with Crippen LogP contribution in [0.4, 0.5) is 0 Å². The predicted octanol–water partition coefficient (Wildman–Crippen LogP) is -0.104. The summed E-state index contributed by atoms with van der Waals surface area (Å²) in [4.78, 5) is 11.5. The quantitative estimate of drug-likeness (QED) is 0.419. The number of phenols is 1. The molecule has 0 aromatic heterocycles. The molecule has 1 aromatic rings. The minimum atomic E-state index is -0.769. The number of amides is 1. The molecule has 1 amide bonds. The van der Waals surface area contributed by atoms with Crippen LogP contribution in [-0.2, 0) is 0 Å². The Kier molecular flexibility index (Phi) is 3.51. The Hall–Kier alpha value is -2.75. The molecule has 7 heteroatoms. The molecule has 88 valence electrons. The standard InChI is InChI=1S/C10H10N4O3/c1-17-8-3-7(15)6(2-5(8)4-11)9(16)14-10(12)13/h2-3,15H,1H3,(H4,12,13,14,16). The van der Waals surface area contributed by atoms with Gasteiger partial charge in [0.2, 0.25) is 0 Å². The van der Waals surface area contributed by atoms with Gasteiger partial charge in [-0.2, -0.15) is 5.26 Å². The highest BCUT2D eigenvalue weighted by Gasteiger charge is 2.16. The van der Waals surface area contributed by atoms with E-state index in [0.29, 0.717) is 0 Å². The number of nitrogens with two attached hydrogens (primary N) is 1. The number of nitrogens with one attached hydrogen (secondary N) is 2. The van der Waals surface area contributed by atoms with E-state index in [4.69, 9.17) is 21.1 Å². The van der Waals surface area contributed by atoms with Gasteiger partial charge in [-0.25, -0.2) is 0 Å². The van der Waals surface area contributed by atoms with E-state index in [-0.39, 0.29) is 22.6 Å². The van der Waals surface area contributed by atoms with Gasteiger partial charge in [0.15, 0.2) is 5.96 Å². The van der Waals surface area contributed by atoms with Crippen molar-refractivity contribution in [2.75, 3.05) is 7.11 Å². The van der Waals surface area contributed by atoms with Crippen LogP contribution >= 0.6 is 0 Å². The monoisotopic (exact) mass is 234 g/mol. The van der Waals surface area contributed by atoms with Crippen molar-refractivity contribution < 1.29 is 14.6 Å². The summed E-state index contributed by atoms with van der Waals surface area (Å²) < 4.78 is 4.85. The van der Waals surface area contributed by atoms with E-state index in [1.807, 2.05) is 11.4 Å².